The van der Waals surface area contributed by atoms with Crippen molar-refractivity contribution in [1.29, 1.82) is 0 Å². The lowest BCUT2D eigenvalue weighted by Gasteiger charge is -2.09. The number of amides is 2. The molecular weight excluding hydrogens is 369 g/mol. The van der Waals surface area contributed by atoms with Gasteiger partial charge in [0, 0.05) is 22.5 Å². The van der Waals surface area contributed by atoms with Crippen LogP contribution < -0.4 is 16.4 Å². The normalized spacial score (nSPS) is 10.3. The number of carbonyl (C=O) groups excluding carboxylic acids is 3. The number of hydrazine groups is 1. The maximum atomic E-state index is 12.8. The van der Waals surface area contributed by atoms with Crippen molar-refractivity contribution in [1.82, 2.24) is 15.8 Å². The first kappa shape index (κ1) is 18.8. The molecule has 0 saturated heterocycles. The number of carbonyl (C=O) groups is 3. The van der Waals surface area contributed by atoms with Gasteiger partial charge in [-0.25, -0.2) is 9.18 Å². The van der Waals surface area contributed by atoms with Gasteiger partial charge in [-0.15, -0.1) is 0 Å². The van der Waals surface area contributed by atoms with Crippen LogP contribution in [0.2, 0.25) is 0 Å². The number of esters is 1. The molecule has 0 atom stereocenters. The molecule has 2 amide bonds. The van der Waals surface area contributed by atoms with Gasteiger partial charge in [-0.3, -0.25) is 25.2 Å². The van der Waals surface area contributed by atoms with Crippen molar-refractivity contribution in [3.05, 3.63) is 81.9 Å². The maximum Gasteiger partial charge on any atom is 0.339 e. The van der Waals surface area contributed by atoms with Crippen LogP contribution in [0.1, 0.15) is 20.7 Å². The van der Waals surface area contributed by atoms with Gasteiger partial charge in [-0.05, 0) is 30.3 Å². The van der Waals surface area contributed by atoms with Crippen LogP contribution >= 0.6 is 0 Å². The molecule has 0 aliphatic rings. The number of halogens is 1. The Morgan fingerprint density at radius 1 is 1.00 bits per heavy atom. The van der Waals surface area contributed by atoms with E-state index in [1.807, 2.05) is 0 Å². The molecule has 2 aromatic carbocycles. The average molecular weight is 383 g/mol. The molecule has 28 heavy (non-hydrogen) atoms. The van der Waals surface area contributed by atoms with Gasteiger partial charge in [0.1, 0.15) is 5.82 Å². The fourth-order valence-electron chi connectivity index (χ4n) is 2.42. The fraction of sp³-hybridized carbons (Fsp3) is 0.0526. The Morgan fingerprint density at radius 2 is 1.71 bits per heavy atom. The summed E-state index contributed by atoms with van der Waals surface area (Å²) < 4.78 is 17.7. The molecule has 0 spiro atoms. The highest BCUT2D eigenvalue weighted by Gasteiger charge is 2.15. The van der Waals surface area contributed by atoms with Crippen LogP contribution in [-0.2, 0) is 9.53 Å². The Bertz CT molecular complexity index is 1110. The van der Waals surface area contributed by atoms with Gasteiger partial charge in [-0.1, -0.05) is 18.2 Å². The Kier molecular flexibility index (Phi) is 5.45. The van der Waals surface area contributed by atoms with Crippen molar-refractivity contribution in [3.63, 3.8) is 0 Å². The van der Waals surface area contributed by atoms with Crippen molar-refractivity contribution in [3.8, 4) is 0 Å². The molecule has 3 N–H and O–H groups in total. The number of para-hydroxylation sites is 1. The highest BCUT2D eigenvalue weighted by molar-refractivity contribution is 6.03. The molecule has 1 aromatic heterocycles. The third kappa shape index (κ3) is 4.39. The van der Waals surface area contributed by atoms with E-state index in [-0.39, 0.29) is 11.1 Å². The maximum absolute atomic E-state index is 12.8. The zero-order valence-electron chi connectivity index (χ0n) is 14.3. The number of H-pyrrole nitrogens is 1. The summed E-state index contributed by atoms with van der Waals surface area (Å²) in [4.78, 5) is 50.1. The summed E-state index contributed by atoms with van der Waals surface area (Å²) in [5.41, 5.74) is 4.31. The molecule has 0 fully saturated rings. The molecule has 3 rings (SSSR count). The highest BCUT2D eigenvalue weighted by Crippen LogP contribution is 2.15. The molecule has 9 heteroatoms. The number of pyridine rings is 1. The SMILES string of the molecule is O=C(COC(=O)c1cc(=O)[nH]c2ccccc12)NNC(=O)c1ccc(F)cc1. The number of aromatic amines is 1. The van der Waals surface area contributed by atoms with E-state index in [9.17, 15) is 23.6 Å². The van der Waals surface area contributed by atoms with Crippen LogP contribution in [0.15, 0.2) is 59.4 Å². The van der Waals surface area contributed by atoms with E-state index in [1.165, 1.54) is 12.1 Å². The molecule has 0 radical (unpaired) electrons. The zero-order chi connectivity index (χ0) is 20.1. The molecule has 3 aromatic rings. The van der Waals surface area contributed by atoms with Gasteiger partial charge < -0.3 is 9.72 Å². The first-order chi connectivity index (χ1) is 13.4. The first-order valence-electron chi connectivity index (χ1n) is 8.08. The number of hydrogen-bond acceptors (Lipinski definition) is 5. The Balaban J connectivity index is 1.57. The van der Waals surface area contributed by atoms with E-state index >= 15 is 0 Å². The zero-order valence-corrected chi connectivity index (χ0v) is 14.3. The van der Waals surface area contributed by atoms with E-state index in [2.05, 4.69) is 15.8 Å². The van der Waals surface area contributed by atoms with Gasteiger partial charge in [0.25, 0.3) is 11.8 Å². The average Bonchev–Trinajstić information content (AvgIpc) is 2.70. The fourth-order valence-corrected chi connectivity index (χ4v) is 2.42. The Labute approximate surface area is 157 Å². The summed E-state index contributed by atoms with van der Waals surface area (Å²) >= 11 is 0. The van der Waals surface area contributed by atoms with Crippen LogP contribution in [0.25, 0.3) is 10.9 Å². The topological polar surface area (TPSA) is 117 Å². The minimum atomic E-state index is -0.859. The van der Waals surface area contributed by atoms with Crippen molar-refractivity contribution in [2.24, 2.45) is 0 Å². The largest absolute Gasteiger partial charge is 0.452 e. The van der Waals surface area contributed by atoms with Crippen molar-refractivity contribution >= 4 is 28.7 Å². The molecule has 0 aliphatic heterocycles. The van der Waals surface area contributed by atoms with Crippen LogP contribution in [0.5, 0.6) is 0 Å². The van der Waals surface area contributed by atoms with Crippen molar-refractivity contribution < 1.29 is 23.5 Å². The van der Waals surface area contributed by atoms with Gasteiger partial charge in [0.05, 0.1) is 5.56 Å². The van der Waals surface area contributed by atoms with Crippen LogP contribution in [-0.4, -0.2) is 29.4 Å². The second-order valence-electron chi connectivity index (χ2n) is 5.68. The monoisotopic (exact) mass is 383 g/mol. The van der Waals surface area contributed by atoms with E-state index in [0.29, 0.717) is 10.9 Å². The van der Waals surface area contributed by atoms with Gasteiger partial charge in [0.2, 0.25) is 5.56 Å². The lowest BCUT2D eigenvalue weighted by molar-refractivity contribution is -0.125. The lowest BCUT2D eigenvalue weighted by Crippen LogP contribution is -2.43. The number of aromatic nitrogens is 1. The number of hydrogen-bond donors (Lipinski definition) is 3. The molecule has 142 valence electrons. The van der Waals surface area contributed by atoms with E-state index in [0.717, 1.165) is 18.2 Å². The van der Waals surface area contributed by atoms with Gasteiger partial charge in [-0.2, -0.15) is 0 Å². The van der Waals surface area contributed by atoms with E-state index in [4.69, 9.17) is 4.74 Å². The quantitative estimate of drug-likeness (QED) is 0.464. The van der Waals surface area contributed by atoms with Crippen molar-refractivity contribution in [2.45, 2.75) is 0 Å². The summed E-state index contributed by atoms with van der Waals surface area (Å²) in [6.07, 6.45) is 0. The third-order valence-corrected chi connectivity index (χ3v) is 3.73. The molecule has 0 saturated carbocycles. The summed E-state index contributed by atoms with van der Waals surface area (Å²) in [5.74, 6) is -2.82. The van der Waals surface area contributed by atoms with Gasteiger partial charge >= 0.3 is 5.97 Å². The van der Waals surface area contributed by atoms with E-state index in [1.54, 1.807) is 24.3 Å². The minimum Gasteiger partial charge on any atom is -0.452 e. The molecule has 1 heterocycles. The Hall–Kier alpha value is -4.01. The Morgan fingerprint density at radius 3 is 2.46 bits per heavy atom. The second-order valence-corrected chi connectivity index (χ2v) is 5.68. The van der Waals surface area contributed by atoms with E-state index < -0.39 is 35.8 Å². The summed E-state index contributed by atoms with van der Waals surface area (Å²) in [7, 11) is 0. The molecule has 8 nitrogen and oxygen atoms in total. The van der Waals surface area contributed by atoms with Crippen molar-refractivity contribution in [2.75, 3.05) is 6.61 Å². The molecule has 0 unspecified atom stereocenters. The van der Waals surface area contributed by atoms with Gasteiger partial charge in [0.15, 0.2) is 6.61 Å². The number of rotatable bonds is 4. The smallest absolute Gasteiger partial charge is 0.339 e. The molecular formula is C19H14FN3O5. The first-order valence-corrected chi connectivity index (χ1v) is 8.08. The lowest BCUT2D eigenvalue weighted by atomic mass is 10.1. The third-order valence-electron chi connectivity index (χ3n) is 3.73. The number of benzene rings is 2. The number of nitrogens with one attached hydrogen (secondary N) is 3. The number of ether oxygens (including phenoxy) is 1. The molecule has 0 aliphatic carbocycles. The highest BCUT2D eigenvalue weighted by atomic mass is 19.1. The predicted octanol–water partition coefficient (Wildman–Crippen LogP) is 1.29. The predicted molar refractivity (Wildman–Crippen MR) is 96.9 cm³/mol. The minimum absolute atomic E-state index is 0.0162. The summed E-state index contributed by atoms with van der Waals surface area (Å²) in [6, 6.07) is 12.4. The summed E-state index contributed by atoms with van der Waals surface area (Å²) in [6.45, 7) is -0.677. The van der Waals surface area contributed by atoms with Crippen LogP contribution in [0, 0.1) is 5.82 Å². The van der Waals surface area contributed by atoms with Crippen LogP contribution in [0.3, 0.4) is 0 Å². The second kappa shape index (κ2) is 8.12. The standard InChI is InChI=1S/C19H14FN3O5/c20-12-7-5-11(6-8-12)18(26)23-22-17(25)10-28-19(27)14-9-16(24)21-15-4-2-1-3-13(14)15/h1-9H,10H2,(H,21,24)(H,22,25)(H,23,26). The van der Waals surface area contributed by atoms with Crippen LogP contribution in [0.4, 0.5) is 4.39 Å². The number of fused-ring (bicyclic) bond motifs is 1. The summed E-state index contributed by atoms with van der Waals surface area (Å²) in [5, 5.41) is 0.470. The molecule has 0 bridgehead atoms.